The Hall–Kier alpha value is -0.670. The number of ketones is 1. The summed E-state index contributed by atoms with van der Waals surface area (Å²) in [4.78, 5) is 12.3. The number of carbonyl (C=O) groups is 1. The molecule has 2 saturated carbocycles. The van der Waals surface area contributed by atoms with Crippen LogP contribution in [0.2, 0.25) is 0 Å². The van der Waals surface area contributed by atoms with Crippen molar-refractivity contribution in [3.05, 3.63) is 11.6 Å². The second-order valence-electron chi connectivity index (χ2n) is 7.18. The lowest BCUT2D eigenvalue weighted by Crippen LogP contribution is -2.52. The molecule has 0 aromatic rings. The number of allylic oxidation sites excluding steroid dienone is 1. The van der Waals surface area contributed by atoms with Crippen molar-refractivity contribution in [2.24, 2.45) is 29.1 Å². The van der Waals surface area contributed by atoms with Crippen molar-refractivity contribution < 1.29 is 15.0 Å². The van der Waals surface area contributed by atoms with Gasteiger partial charge in [0, 0.05) is 6.42 Å². The van der Waals surface area contributed by atoms with E-state index < -0.39 is 23.0 Å². The molecule has 0 unspecified atom stereocenters. The molecule has 3 heteroatoms. The molecule has 0 aliphatic heterocycles. The average molecular weight is 250 g/mol. The van der Waals surface area contributed by atoms with Crippen molar-refractivity contribution in [1.82, 2.24) is 0 Å². The molecule has 4 bridgehead atoms. The molecule has 3 aliphatic rings. The Kier molecular flexibility index (Phi) is 2.24. The zero-order valence-corrected chi connectivity index (χ0v) is 11.5. The molecule has 0 aromatic carbocycles. The number of hydrogen-bond donors (Lipinski definition) is 2. The number of carbonyl (C=O) groups excluding carboxylic acids is 1. The Morgan fingerprint density at radius 3 is 2.61 bits per heavy atom. The minimum absolute atomic E-state index is 0.0683. The molecule has 18 heavy (non-hydrogen) atoms. The van der Waals surface area contributed by atoms with Gasteiger partial charge in [-0.2, -0.15) is 0 Å². The van der Waals surface area contributed by atoms with Crippen molar-refractivity contribution in [1.29, 1.82) is 0 Å². The van der Waals surface area contributed by atoms with Gasteiger partial charge in [0.15, 0.2) is 0 Å². The Bertz CT molecular complexity index is 451. The van der Waals surface area contributed by atoms with Crippen molar-refractivity contribution in [2.75, 3.05) is 0 Å². The molecular formula is C15H22O3. The van der Waals surface area contributed by atoms with E-state index in [1.807, 2.05) is 20.8 Å². The van der Waals surface area contributed by atoms with Crippen LogP contribution in [0.3, 0.4) is 0 Å². The highest BCUT2D eigenvalue weighted by molar-refractivity contribution is 5.86. The summed E-state index contributed by atoms with van der Waals surface area (Å²) in [6.07, 6.45) is 1.45. The van der Waals surface area contributed by atoms with Crippen LogP contribution < -0.4 is 0 Å². The first kappa shape index (κ1) is 12.4. The van der Waals surface area contributed by atoms with Crippen molar-refractivity contribution in [2.45, 2.75) is 45.8 Å². The Labute approximate surface area is 108 Å². The normalized spacial score (nSPS) is 53.3. The summed E-state index contributed by atoms with van der Waals surface area (Å²) >= 11 is 0. The molecular weight excluding hydrogens is 228 g/mol. The zero-order valence-electron chi connectivity index (χ0n) is 11.5. The molecule has 3 nitrogen and oxygen atoms in total. The number of rotatable bonds is 0. The molecule has 0 saturated heterocycles. The minimum atomic E-state index is -1.34. The number of hydrogen-bond acceptors (Lipinski definition) is 3. The molecule has 3 rings (SSSR count). The SMILES string of the molecule is CC1=C[C@@]2(O)[C@@H]3C(=O)C[C@@H](C)[C@H]1[C@@H]3C(C)(C)[C@H]2O. The lowest BCUT2D eigenvalue weighted by molar-refractivity contribution is -0.140. The monoisotopic (exact) mass is 250 g/mol. The first-order chi connectivity index (χ1) is 8.21. The van der Waals surface area contributed by atoms with Gasteiger partial charge in [-0.15, -0.1) is 0 Å². The van der Waals surface area contributed by atoms with Crippen molar-refractivity contribution in [3.8, 4) is 0 Å². The molecule has 6 atom stereocenters. The molecule has 0 radical (unpaired) electrons. The smallest absolute Gasteiger partial charge is 0.139 e. The molecule has 2 fully saturated rings. The number of Topliss-reactive ketones (excluding diaryl/α,β-unsaturated/α-hetero) is 1. The fourth-order valence-corrected chi connectivity index (χ4v) is 5.08. The van der Waals surface area contributed by atoms with E-state index in [1.54, 1.807) is 6.08 Å². The predicted molar refractivity (Wildman–Crippen MR) is 67.8 cm³/mol. The van der Waals surface area contributed by atoms with E-state index in [1.165, 1.54) is 0 Å². The highest BCUT2D eigenvalue weighted by atomic mass is 16.3. The summed E-state index contributed by atoms with van der Waals surface area (Å²) in [5.74, 6) is 0.412. The molecule has 100 valence electrons. The van der Waals surface area contributed by atoms with E-state index in [4.69, 9.17) is 0 Å². The van der Waals surface area contributed by atoms with E-state index in [2.05, 4.69) is 6.92 Å². The van der Waals surface area contributed by atoms with Crippen molar-refractivity contribution in [3.63, 3.8) is 0 Å². The maximum atomic E-state index is 12.3. The molecule has 0 aromatic heterocycles. The summed E-state index contributed by atoms with van der Waals surface area (Å²) < 4.78 is 0. The van der Waals surface area contributed by atoms with Crippen LogP contribution in [0.5, 0.6) is 0 Å². The zero-order chi connectivity index (χ0) is 13.5. The lowest BCUT2D eigenvalue weighted by atomic mass is 9.56. The first-order valence-electron chi connectivity index (χ1n) is 6.83. The van der Waals surface area contributed by atoms with Crippen LogP contribution in [0.4, 0.5) is 0 Å². The van der Waals surface area contributed by atoms with Crippen LogP contribution in [0.25, 0.3) is 0 Å². The average Bonchev–Trinajstić information content (AvgIpc) is 2.35. The van der Waals surface area contributed by atoms with Crippen LogP contribution in [0.15, 0.2) is 11.6 Å². The maximum absolute atomic E-state index is 12.3. The first-order valence-corrected chi connectivity index (χ1v) is 6.83. The third-order valence-electron chi connectivity index (χ3n) is 5.71. The van der Waals surface area contributed by atoms with Crippen LogP contribution in [0.1, 0.15) is 34.1 Å². The molecule has 0 heterocycles. The summed E-state index contributed by atoms with van der Waals surface area (Å²) in [7, 11) is 0. The summed E-state index contributed by atoms with van der Waals surface area (Å²) in [6, 6.07) is 0. The third kappa shape index (κ3) is 1.15. The molecule has 2 N–H and O–H groups in total. The van der Waals surface area contributed by atoms with E-state index in [0.717, 1.165) is 5.57 Å². The summed E-state index contributed by atoms with van der Waals surface area (Å²) in [5.41, 5.74) is -0.613. The minimum Gasteiger partial charge on any atom is -0.389 e. The van der Waals surface area contributed by atoms with Crippen LogP contribution in [-0.4, -0.2) is 27.7 Å². The van der Waals surface area contributed by atoms with Crippen LogP contribution >= 0.6 is 0 Å². The van der Waals surface area contributed by atoms with Gasteiger partial charge in [0.05, 0.1) is 12.0 Å². The molecule has 0 amide bonds. The van der Waals surface area contributed by atoms with Gasteiger partial charge in [-0.1, -0.05) is 32.4 Å². The summed E-state index contributed by atoms with van der Waals surface area (Å²) in [6.45, 7) is 8.11. The van der Waals surface area contributed by atoms with Gasteiger partial charge in [-0.3, -0.25) is 4.79 Å². The Balaban J connectivity index is 2.25. The summed E-state index contributed by atoms with van der Waals surface area (Å²) in [5, 5.41) is 21.3. The van der Waals surface area contributed by atoms with E-state index in [-0.39, 0.29) is 11.7 Å². The predicted octanol–water partition coefficient (Wildman–Crippen LogP) is 1.54. The van der Waals surface area contributed by atoms with Gasteiger partial charge in [0.25, 0.3) is 0 Å². The van der Waals surface area contributed by atoms with Gasteiger partial charge < -0.3 is 10.2 Å². The Morgan fingerprint density at radius 1 is 1.39 bits per heavy atom. The third-order valence-corrected chi connectivity index (χ3v) is 5.71. The number of aliphatic hydroxyl groups is 2. The second kappa shape index (κ2) is 3.26. The van der Waals surface area contributed by atoms with E-state index >= 15 is 0 Å². The van der Waals surface area contributed by atoms with Gasteiger partial charge in [-0.25, -0.2) is 0 Å². The standard InChI is InChI=1S/C15H22O3/c1-7-5-9(16)11-12-10(7)8(2)6-15(11,18)13(17)14(12,3)4/h6-7,10-13,17-18H,5H2,1-4H3/t7-,10-,11-,12+,13-,15-/m1/s1. The van der Waals surface area contributed by atoms with Crippen LogP contribution in [-0.2, 0) is 4.79 Å². The van der Waals surface area contributed by atoms with Gasteiger partial charge in [0.1, 0.15) is 11.4 Å². The molecule has 3 aliphatic carbocycles. The fraction of sp³-hybridized carbons (Fsp3) is 0.800. The highest BCUT2D eigenvalue weighted by Gasteiger charge is 2.70. The second-order valence-corrected chi connectivity index (χ2v) is 7.18. The van der Waals surface area contributed by atoms with Crippen molar-refractivity contribution >= 4 is 5.78 Å². The lowest BCUT2D eigenvalue weighted by Gasteiger charge is -2.47. The Morgan fingerprint density at radius 2 is 2.00 bits per heavy atom. The molecule has 0 spiro atoms. The maximum Gasteiger partial charge on any atom is 0.139 e. The van der Waals surface area contributed by atoms with E-state index in [0.29, 0.717) is 18.3 Å². The van der Waals surface area contributed by atoms with Gasteiger partial charge in [0.2, 0.25) is 0 Å². The van der Waals surface area contributed by atoms with E-state index in [9.17, 15) is 15.0 Å². The number of aliphatic hydroxyl groups excluding tert-OH is 1. The van der Waals surface area contributed by atoms with Gasteiger partial charge >= 0.3 is 0 Å². The largest absolute Gasteiger partial charge is 0.389 e. The highest BCUT2D eigenvalue weighted by Crippen LogP contribution is 2.64. The fourth-order valence-electron chi connectivity index (χ4n) is 5.08. The van der Waals surface area contributed by atoms with Crippen LogP contribution in [0, 0.1) is 29.1 Å². The topological polar surface area (TPSA) is 57.5 Å². The quantitative estimate of drug-likeness (QED) is 0.641. The van der Waals surface area contributed by atoms with Gasteiger partial charge in [-0.05, 0) is 30.1 Å².